The molecule has 0 radical (unpaired) electrons. The molecule has 1 amide bonds. The van der Waals surface area contributed by atoms with E-state index < -0.39 is 0 Å². The molecule has 1 heterocycles. The summed E-state index contributed by atoms with van der Waals surface area (Å²) in [6, 6.07) is 5.85. The molecule has 0 saturated heterocycles. The topological polar surface area (TPSA) is 50.4 Å². The average molecular weight is 276 g/mol. The molecule has 0 spiro atoms. The Balaban J connectivity index is 1.70. The fraction of sp³-hybridized carbons (Fsp3) is 0.562. The highest BCUT2D eigenvalue weighted by molar-refractivity contribution is 5.95. The van der Waals surface area contributed by atoms with E-state index in [2.05, 4.69) is 24.5 Å². The summed E-state index contributed by atoms with van der Waals surface area (Å²) in [5.74, 6) is 0.563. The van der Waals surface area contributed by atoms with Gasteiger partial charge in [0.25, 0.3) is 5.91 Å². The smallest absolute Gasteiger partial charge is 0.251 e. The molecule has 1 aromatic rings. The number of fused-ring (bicyclic) bond motifs is 1. The number of rotatable bonds is 7. The van der Waals surface area contributed by atoms with Gasteiger partial charge >= 0.3 is 0 Å². The van der Waals surface area contributed by atoms with E-state index >= 15 is 0 Å². The zero-order valence-corrected chi connectivity index (χ0v) is 12.4. The summed E-state index contributed by atoms with van der Waals surface area (Å²) >= 11 is 0. The Morgan fingerprint density at radius 2 is 2.30 bits per heavy atom. The highest BCUT2D eigenvalue weighted by atomic mass is 16.5. The first-order chi connectivity index (χ1) is 9.66. The lowest BCUT2D eigenvalue weighted by Gasteiger charge is -2.08. The van der Waals surface area contributed by atoms with Crippen LogP contribution in [0, 0.1) is 5.92 Å². The first-order valence-electron chi connectivity index (χ1n) is 7.39. The first-order valence-corrected chi connectivity index (χ1v) is 7.39. The highest BCUT2D eigenvalue weighted by Crippen LogP contribution is 2.22. The minimum Gasteiger partial charge on any atom is -0.384 e. The van der Waals surface area contributed by atoms with Crippen molar-refractivity contribution in [3.05, 3.63) is 29.3 Å². The van der Waals surface area contributed by atoms with Crippen molar-refractivity contribution in [2.75, 3.05) is 31.6 Å². The lowest BCUT2D eigenvalue weighted by atomic mass is 10.1. The van der Waals surface area contributed by atoms with Gasteiger partial charge in [-0.15, -0.1) is 0 Å². The Labute approximate surface area is 120 Å². The molecular formula is C16H24N2O2. The molecule has 4 nitrogen and oxygen atoms in total. The van der Waals surface area contributed by atoms with Crippen LogP contribution in [0.3, 0.4) is 0 Å². The SMILES string of the molecule is CC(C)COCCCNC(=O)c1ccc2c(c1)CCN2. The summed E-state index contributed by atoms with van der Waals surface area (Å²) in [4.78, 5) is 12.0. The Kier molecular flexibility index (Phi) is 5.41. The van der Waals surface area contributed by atoms with Gasteiger partial charge in [-0.3, -0.25) is 4.79 Å². The van der Waals surface area contributed by atoms with E-state index in [9.17, 15) is 4.79 Å². The third-order valence-corrected chi connectivity index (χ3v) is 3.28. The van der Waals surface area contributed by atoms with Crippen molar-refractivity contribution in [3.8, 4) is 0 Å². The van der Waals surface area contributed by atoms with E-state index in [0.717, 1.165) is 37.2 Å². The van der Waals surface area contributed by atoms with Crippen molar-refractivity contribution in [3.63, 3.8) is 0 Å². The summed E-state index contributed by atoms with van der Waals surface area (Å²) in [6.07, 6.45) is 1.85. The van der Waals surface area contributed by atoms with Crippen molar-refractivity contribution in [1.82, 2.24) is 5.32 Å². The lowest BCUT2D eigenvalue weighted by molar-refractivity contribution is 0.0925. The van der Waals surface area contributed by atoms with Crippen molar-refractivity contribution >= 4 is 11.6 Å². The summed E-state index contributed by atoms with van der Waals surface area (Å²) in [5.41, 5.74) is 3.14. The fourth-order valence-corrected chi connectivity index (χ4v) is 2.24. The Morgan fingerprint density at radius 3 is 3.10 bits per heavy atom. The molecular weight excluding hydrogens is 252 g/mol. The quantitative estimate of drug-likeness (QED) is 0.752. The van der Waals surface area contributed by atoms with Gasteiger partial charge in [-0.25, -0.2) is 0 Å². The molecule has 0 unspecified atom stereocenters. The molecule has 0 aromatic heterocycles. The third kappa shape index (κ3) is 4.23. The van der Waals surface area contributed by atoms with Gasteiger partial charge in [0.15, 0.2) is 0 Å². The second kappa shape index (κ2) is 7.29. The maximum absolute atomic E-state index is 12.0. The van der Waals surface area contributed by atoms with Gasteiger partial charge in [0.1, 0.15) is 0 Å². The highest BCUT2D eigenvalue weighted by Gasteiger charge is 2.12. The van der Waals surface area contributed by atoms with Crippen LogP contribution in [0.1, 0.15) is 36.2 Å². The maximum Gasteiger partial charge on any atom is 0.251 e. The van der Waals surface area contributed by atoms with Gasteiger partial charge in [0.05, 0.1) is 0 Å². The monoisotopic (exact) mass is 276 g/mol. The molecule has 0 atom stereocenters. The van der Waals surface area contributed by atoms with Crippen LogP contribution in [-0.4, -0.2) is 32.2 Å². The van der Waals surface area contributed by atoms with Gasteiger partial charge < -0.3 is 15.4 Å². The predicted octanol–water partition coefficient (Wildman–Crippen LogP) is 2.45. The Hall–Kier alpha value is -1.55. The maximum atomic E-state index is 12.0. The largest absolute Gasteiger partial charge is 0.384 e. The molecule has 20 heavy (non-hydrogen) atoms. The van der Waals surface area contributed by atoms with E-state index in [1.165, 1.54) is 5.56 Å². The number of carbonyl (C=O) groups is 1. The van der Waals surface area contributed by atoms with Crippen LogP contribution in [0.15, 0.2) is 18.2 Å². The molecule has 0 aliphatic carbocycles. The molecule has 0 bridgehead atoms. The van der Waals surface area contributed by atoms with Gasteiger partial charge in [0, 0.05) is 37.6 Å². The number of nitrogens with one attached hydrogen (secondary N) is 2. The molecule has 110 valence electrons. The van der Waals surface area contributed by atoms with Gasteiger partial charge in [-0.1, -0.05) is 13.8 Å². The van der Waals surface area contributed by atoms with Crippen LogP contribution in [0.4, 0.5) is 5.69 Å². The fourth-order valence-electron chi connectivity index (χ4n) is 2.24. The van der Waals surface area contributed by atoms with E-state index in [0.29, 0.717) is 19.1 Å². The van der Waals surface area contributed by atoms with Crippen molar-refractivity contribution in [2.45, 2.75) is 26.7 Å². The number of carbonyl (C=O) groups excluding carboxylic acids is 1. The van der Waals surface area contributed by atoms with E-state index in [1.54, 1.807) is 0 Å². The van der Waals surface area contributed by atoms with Gasteiger partial charge in [-0.2, -0.15) is 0 Å². The van der Waals surface area contributed by atoms with Crippen LogP contribution in [0.25, 0.3) is 0 Å². The lowest BCUT2D eigenvalue weighted by Crippen LogP contribution is -2.25. The molecule has 0 saturated carbocycles. The summed E-state index contributed by atoms with van der Waals surface area (Å²) in [7, 11) is 0. The van der Waals surface area contributed by atoms with E-state index in [1.807, 2.05) is 18.2 Å². The minimum atomic E-state index is 0.00330. The van der Waals surface area contributed by atoms with E-state index in [4.69, 9.17) is 4.74 Å². The Bertz CT molecular complexity index is 458. The molecule has 4 heteroatoms. The summed E-state index contributed by atoms with van der Waals surface area (Å²) < 4.78 is 5.48. The van der Waals surface area contributed by atoms with Crippen LogP contribution in [0.2, 0.25) is 0 Å². The van der Waals surface area contributed by atoms with Crippen LogP contribution in [0.5, 0.6) is 0 Å². The molecule has 1 aliphatic heterocycles. The van der Waals surface area contributed by atoms with Gasteiger partial charge in [-0.05, 0) is 42.5 Å². The summed E-state index contributed by atoms with van der Waals surface area (Å²) in [6.45, 7) is 7.37. The molecule has 1 aliphatic rings. The number of amides is 1. The zero-order chi connectivity index (χ0) is 14.4. The molecule has 0 fully saturated rings. The summed E-state index contributed by atoms with van der Waals surface area (Å²) in [5, 5.41) is 6.23. The molecule has 1 aromatic carbocycles. The van der Waals surface area contributed by atoms with Crippen LogP contribution >= 0.6 is 0 Å². The molecule has 2 rings (SSSR count). The Morgan fingerprint density at radius 1 is 1.45 bits per heavy atom. The normalized spacial score (nSPS) is 13.2. The van der Waals surface area contributed by atoms with E-state index in [-0.39, 0.29) is 5.91 Å². The number of hydrogen-bond donors (Lipinski definition) is 2. The second-order valence-electron chi connectivity index (χ2n) is 5.63. The number of anilines is 1. The van der Waals surface area contributed by atoms with Crippen LogP contribution in [-0.2, 0) is 11.2 Å². The number of hydrogen-bond acceptors (Lipinski definition) is 3. The predicted molar refractivity (Wildman–Crippen MR) is 81.2 cm³/mol. The van der Waals surface area contributed by atoms with Gasteiger partial charge in [0.2, 0.25) is 0 Å². The zero-order valence-electron chi connectivity index (χ0n) is 12.4. The van der Waals surface area contributed by atoms with Crippen molar-refractivity contribution < 1.29 is 9.53 Å². The number of ether oxygens (including phenoxy) is 1. The minimum absolute atomic E-state index is 0.00330. The number of benzene rings is 1. The average Bonchev–Trinajstić information content (AvgIpc) is 2.89. The second-order valence-corrected chi connectivity index (χ2v) is 5.63. The van der Waals surface area contributed by atoms with Crippen molar-refractivity contribution in [1.29, 1.82) is 0 Å². The first kappa shape index (κ1) is 14.9. The molecule has 2 N–H and O–H groups in total. The van der Waals surface area contributed by atoms with Crippen LogP contribution < -0.4 is 10.6 Å². The standard InChI is InChI=1S/C16H24N2O2/c1-12(2)11-20-9-3-7-18-16(19)14-4-5-15-13(10-14)6-8-17-15/h4-5,10,12,17H,3,6-9,11H2,1-2H3,(H,18,19). The third-order valence-electron chi connectivity index (χ3n) is 3.28. The van der Waals surface area contributed by atoms with Crippen molar-refractivity contribution in [2.24, 2.45) is 5.92 Å².